The Kier molecular flexibility index (Phi) is 6.60. The minimum atomic E-state index is 0.598. The second-order valence-corrected chi connectivity index (χ2v) is 8.02. The van der Waals surface area contributed by atoms with E-state index in [1.54, 1.807) is 7.11 Å². The number of rotatable bonds is 10. The Morgan fingerprint density at radius 3 is 2.27 bits per heavy atom. The van der Waals surface area contributed by atoms with Crippen LogP contribution in [0.5, 0.6) is 5.75 Å². The van der Waals surface area contributed by atoms with E-state index < -0.39 is 0 Å². The zero-order chi connectivity index (χ0) is 20.8. The molecule has 0 atom stereocenters. The predicted molar refractivity (Wildman–Crippen MR) is 122 cm³/mol. The minimum Gasteiger partial charge on any atom is -0.497 e. The molecule has 2 aromatic carbocycles. The first-order valence-corrected chi connectivity index (χ1v) is 10.8. The van der Waals surface area contributed by atoms with Gasteiger partial charge in [-0.05, 0) is 67.1 Å². The van der Waals surface area contributed by atoms with Gasteiger partial charge in [-0.15, -0.1) is 0 Å². The summed E-state index contributed by atoms with van der Waals surface area (Å²) in [6.45, 7) is 5.69. The molecule has 0 amide bonds. The van der Waals surface area contributed by atoms with Crippen LogP contribution in [-0.4, -0.2) is 35.1 Å². The van der Waals surface area contributed by atoms with Crippen LogP contribution in [0.4, 0.5) is 11.6 Å². The third-order valence-electron chi connectivity index (χ3n) is 5.44. The Morgan fingerprint density at radius 2 is 1.67 bits per heavy atom. The number of ether oxygens (including phenoxy) is 1. The van der Waals surface area contributed by atoms with E-state index in [9.17, 15) is 0 Å². The lowest BCUT2D eigenvalue weighted by atomic mass is 10.1. The van der Waals surface area contributed by atoms with Crippen LogP contribution >= 0.6 is 0 Å². The van der Waals surface area contributed by atoms with Gasteiger partial charge >= 0.3 is 0 Å². The van der Waals surface area contributed by atoms with E-state index in [-0.39, 0.29) is 0 Å². The topological polar surface area (TPSA) is 50.3 Å². The number of anilines is 2. The number of nitrogens with zero attached hydrogens (tertiary/aromatic N) is 3. The molecule has 1 aliphatic carbocycles. The van der Waals surface area contributed by atoms with E-state index >= 15 is 0 Å². The zero-order valence-electron chi connectivity index (χ0n) is 17.8. The van der Waals surface area contributed by atoms with Crippen molar-refractivity contribution in [3.63, 3.8) is 0 Å². The molecule has 1 aliphatic rings. The lowest BCUT2D eigenvalue weighted by Crippen LogP contribution is -2.26. The van der Waals surface area contributed by atoms with Crippen LogP contribution in [0, 0.1) is 5.92 Å². The van der Waals surface area contributed by atoms with Crippen molar-refractivity contribution < 1.29 is 4.74 Å². The van der Waals surface area contributed by atoms with Crippen molar-refractivity contribution in [1.29, 1.82) is 0 Å². The highest BCUT2D eigenvalue weighted by molar-refractivity contribution is 5.63. The average molecular weight is 403 g/mol. The molecule has 1 fully saturated rings. The molecule has 5 heteroatoms. The molecule has 1 aromatic heterocycles. The SMILES string of the molecule is CCCN(Cc1ccc(Nc2ncc(-c3ccc(OC)cc3)cn2)cc1)CC1CC1. The molecule has 1 saturated carbocycles. The third kappa shape index (κ3) is 5.57. The lowest BCUT2D eigenvalue weighted by molar-refractivity contribution is 0.255. The quantitative estimate of drug-likeness (QED) is 0.484. The average Bonchev–Trinajstić information content (AvgIpc) is 3.60. The molecule has 0 spiro atoms. The van der Waals surface area contributed by atoms with Crippen LogP contribution in [0.1, 0.15) is 31.7 Å². The molecule has 0 unspecified atom stereocenters. The Balaban J connectivity index is 1.35. The second kappa shape index (κ2) is 9.72. The lowest BCUT2D eigenvalue weighted by Gasteiger charge is -2.21. The highest BCUT2D eigenvalue weighted by Crippen LogP contribution is 2.30. The van der Waals surface area contributed by atoms with Crippen LogP contribution in [0.15, 0.2) is 60.9 Å². The van der Waals surface area contributed by atoms with Gasteiger partial charge in [0.25, 0.3) is 0 Å². The molecular formula is C25H30N4O. The normalized spacial score (nSPS) is 13.4. The summed E-state index contributed by atoms with van der Waals surface area (Å²) in [5.74, 6) is 2.36. The van der Waals surface area contributed by atoms with Crippen LogP contribution in [0.25, 0.3) is 11.1 Å². The van der Waals surface area contributed by atoms with Gasteiger partial charge in [0.1, 0.15) is 5.75 Å². The van der Waals surface area contributed by atoms with Gasteiger partial charge in [0.05, 0.1) is 7.11 Å². The van der Waals surface area contributed by atoms with E-state index in [2.05, 4.69) is 51.4 Å². The van der Waals surface area contributed by atoms with Crippen LogP contribution in [0.3, 0.4) is 0 Å². The van der Waals surface area contributed by atoms with Gasteiger partial charge in [0, 0.05) is 36.7 Å². The Morgan fingerprint density at radius 1 is 0.967 bits per heavy atom. The molecule has 5 nitrogen and oxygen atoms in total. The van der Waals surface area contributed by atoms with E-state index in [4.69, 9.17) is 4.74 Å². The van der Waals surface area contributed by atoms with Gasteiger partial charge in [0.15, 0.2) is 0 Å². The molecule has 0 aliphatic heterocycles. The maximum Gasteiger partial charge on any atom is 0.227 e. The summed E-state index contributed by atoms with van der Waals surface area (Å²) < 4.78 is 5.21. The Bertz CT molecular complexity index is 919. The van der Waals surface area contributed by atoms with Gasteiger partial charge < -0.3 is 10.1 Å². The number of hydrogen-bond acceptors (Lipinski definition) is 5. The zero-order valence-corrected chi connectivity index (χ0v) is 17.8. The Hall–Kier alpha value is -2.92. The summed E-state index contributed by atoms with van der Waals surface area (Å²) in [6.07, 6.45) is 7.69. The maximum atomic E-state index is 5.21. The van der Waals surface area contributed by atoms with Crippen molar-refractivity contribution in [1.82, 2.24) is 14.9 Å². The molecule has 0 bridgehead atoms. The molecule has 156 valence electrons. The van der Waals surface area contributed by atoms with Crippen molar-refractivity contribution in [3.8, 4) is 16.9 Å². The molecule has 3 aromatic rings. The van der Waals surface area contributed by atoms with Gasteiger partial charge in [-0.25, -0.2) is 9.97 Å². The van der Waals surface area contributed by atoms with Crippen molar-refractivity contribution >= 4 is 11.6 Å². The van der Waals surface area contributed by atoms with Crippen LogP contribution < -0.4 is 10.1 Å². The summed E-state index contributed by atoms with van der Waals surface area (Å²) >= 11 is 0. The van der Waals surface area contributed by atoms with E-state index in [1.165, 1.54) is 37.9 Å². The second-order valence-electron chi connectivity index (χ2n) is 8.02. The third-order valence-corrected chi connectivity index (χ3v) is 5.44. The first kappa shape index (κ1) is 20.4. The smallest absolute Gasteiger partial charge is 0.227 e. The largest absolute Gasteiger partial charge is 0.497 e. The maximum absolute atomic E-state index is 5.21. The highest BCUT2D eigenvalue weighted by Gasteiger charge is 2.23. The van der Waals surface area contributed by atoms with Crippen molar-refractivity contribution in [2.24, 2.45) is 5.92 Å². The van der Waals surface area contributed by atoms with E-state index in [0.29, 0.717) is 5.95 Å². The fraction of sp³-hybridized carbons (Fsp3) is 0.360. The molecule has 30 heavy (non-hydrogen) atoms. The summed E-state index contributed by atoms with van der Waals surface area (Å²) in [5, 5.41) is 3.29. The first-order chi connectivity index (χ1) is 14.7. The van der Waals surface area contributed by atoms with Crippen molar-refractivity contribution in [2.75, 3.05) is 25.5 Å². The summed E-state index contributed by atoms with van der Waals surface area (Å²) in [4.78, 5) is 11.5. The molecule has 4 rings (SSSR count). The fourth-order valence-corrected chi connectivity index (χ4v) is 3.62. The highest BCUT2D eigenvalue weighted by atomic mass is 16.5. The molecule has 1 heterocycles. The van der Waals surface area contributed by atoms with Gasteiger partial charge in [-0.3, -0.25) is 4.90 Å². The number of methoxy groups -OCH3 is 1. The van der Waals surface area contributed by atoms with E-state index in [0.717, 1.165) is 35.0 Å². The van der Waals surface area contributed by atoms with Crippen LogP contribution in [0.2, 0.25) is 0 Å². The predicted octanol–water partition coefficient (Wildman–Crippen LogP) is 5.52. The fourth-order valence-electron chi connectivity index (χ4n) is 3.62. The van der Waals surface area contributed by atoms with Crippen LogP contribution in [-0.2, 0) is 6.54 Å². The molecular weight excluding hydrogens is 372 g/mol. The van der Waals surface area contributed by atoms with E-state index in [1.807, 2.05) is 36.7 Å². The molecule has 1 N–H and O–H groups in total. The Labute approximate surface area is 179 Å². The van der Waals surface area contributed by atoms with Gasteiger partial charge in [0.2, 0.25) is 5.95 Å². The number of nitrogens with one attached hydrogen (secondary N) is 1. The monoisotopic (exact) mass is 402 g/mol. The molecule has 0 radical (unpaired) electrons. The number of aromatic nitrogens is 2. The standard InChI is InChI=1S/C25H30N4O/c1-3-14-29(17-19-4-5-19)18-20-6-10-23(11-7-20)28-25-26-15-22(16-27-25)21-8-12-24(30-2)13-9-21/h6-13,15-16,19H,3-5,14,17-18H2,1-2H3,(H,26,27,28). The summed E-state index contributed by atoms with van der Waals surface area (Å²) in [6, 6.07) is 16.5. The van der Waals surface area contributed by atoms with Crippen molar-refractivity contribution in [2.45, 2.75) is 32.7 Å². The summed E-state index contributed by atoms with van der Waals surface area (Å²) in [5.41, 5.74) is 4.39. The number of benzene rings is 2. The van der Waals surface area contributed by atoms with Gasteiger partial charge in [-0.2, -0.15) is 0 Å². The summed E-state index contributed by atoms with van der Waals surface area (Å²) in [7, 11) is 1.67. The van der Waals surface area contributed by atoms with Gasteiger partial charge in [-0.1, -0.05) is 31.2 Å². The molecule has 0 saturated heterocycles. The van der Waals surface area contributed by atoms with Crippen molar-refractivity contribution in [3.05, 3.63) is 66.5 Å². The number of hydrogen-bond donors (Lipinski definition) is 1. The minimum absolute atomic E-state index is 0.598. The first-order valence-electron chi connectivity index (χ1n) is 10.8.